The van der Waals surface area contributed by atoms with E-state index < -0.39 is 7.26 Å². The van der Waals surface area contributed by atoms with Crippen molar-refractivity contribution in [2.75, 3.05) is 12.3 Å². The number of halogens is 1. The number of allylic oxidation sites excluding steroid dienone is 2. The second kappa shape index (κ2) is 11.4. The van der Waals surface area contributed by atoms with Gasteiger partial charge in [0.15, 0.2) is 0 Å². The molecule has 2 aromatic rings. The SMILES string of the molecule is C=CCCC[P+](CCCC=C)(c1ccccc1)c1ccccc1.[Br-]. The average Bonchev–Trinajstić information content (AvgIpc) is 2.62. The van der Waals surface area contributed by atoms with E-state index in [0.29, 0.717) is 0 Å². The van der Waals surface area contributed by atoms with Crippen LogP contribution in [0, 0.1) is 0 Å². The Bertz CT molecular complexity index is 536. The Morgan fingerprint density at radius 1 is 0.667 bits per heavy atom. The second-order valence-electron chi connectivity index (χ2n) is 5.95. The van der Waals surface area contributed by atoms with Gasteiger partial charge in [-0.2, -0.15) is 0 Å². The summed E-state index contributed by atoms with van der Waals surface area (Å²) in [5.74, 6) is 0. The summed E-state index contributed by atoms with van der Waals surface area (Å²) in [7, 11) is -1.36. The molecule has 2 heteroatoms. The first-order valence-corrected chi connectivity index (χ1v) is 10.7. The van der Waals surface area contributed by atoms with E-state index in [2.05, 4.69) is 86.0 Å². The van der Waals surface area contributed by atoms with Crippen LogP contribution in [0.5, 0.6) is 0 Å². The highest BCUT2D eigenvalue weighted by Gasteiger charge is 2.41. The van der Waals surface area contributed by atoms with Gasteiger partial charge in [-0.15, -0.1) is 13.2 Å². The third-order valence-corrected chi connectivity index (χ3v) is 9.13. The number of hydrogen-bond donors (Lipinski definition) is 0. The lowest BCUT2D eigenvalue weighted by Gasteiger charge is -2.27. The minimum Gasteiger partial charge on any atom is -1.00 e. The van der Waals surface area contributed by atoms with Crippen LogP contribution >= 0.6 is 7.26 Å². The van der Waals surface area contributed by atoms with Crippen LogP contribution < -0.4 is 27.6 Å². The minimum atomic E-state index is -1.36. The lowest BCUT2D eigenvalue weighted by Crippen LogP contribution is -3.00. The molecule has 0 heterocycles. The zero-order valence-corrected chi connectivity index (χ0v) is 16.9. The minimum absolute atomic E-state index is 0. The Balaban J connectivity index is 0.00000288. The first kappa shape index (κ1) is 20.9. The lowest BCUT2D eigenvalue weighted by atomic mass is 10.3. The van der Waals surface area contributed by atoms with E-state index >= 15 is 0 Å². The van der Waals surface area contributed by atoms with Crippen LogP contribution in [0.25, 0.3) is 0 Å². The summed E-state index contributed by atoms with van der Waals surface area (Å²) < 4.78 is 0. The molecule has 0 radical (unpaired) electrons. The summed E-state index contributed by atoms with van der Waals surface area (Å²) >= 11 is 0. The Labute approximate surface area is 158 Å². The Hall–Kier alpha value is -1.17. The van der Waals surface area contributed by atoms with Crippen LogP contribution in [0.15, 0.2) is 86.0 Å². The van der Waals surface area contributed by atoms with Gasteiger partial charge in [-0.25, -0.2) is 0 Å². The van der Waals surface area contributed by atoms with E-state index in [4.69, 9.17) is 0 Å². The van der Waals surface area contributed by atoms with Crippen molar-refractivity contribution in [1.29, 1.82) is 0 Å². The van der Waals surface area contributed by atoms with Crippen molar-refractivity contribution in [3.05, 3.63) is 86.0 Å². The summed E-state index contributed by atoms with van der Waals surface area (Å²) in [6.07, 6.45) is 11.3. The third-order valence-electron chi connectivity index (χ3n) is 4.40. The van der Waals surface area contributed by atoms with E-state index in [-0.39, 0.29) is 17.0 Å². The zero-order valence-electron chi connectivity index (χ0n) is 14.4. The molecule has 0 saturated carbocycles. The molecular weight excluding hydrogens is 375 g/mol. The van der Waals surface area contributed by atoms with Crippen LogP contribution in [-0.4, -0.2) is 12.3 Å². The molecule has 0 aliphatic heterocycles. The lowest BCUT2D eigenvalue weighted by molar-refractivity contribution is -0.00000465. The summed E-state index contributed by atoms with van der Waals surface area (Å²) in [5, 5.41) is 3.08. The molecule has 2 rings (SSSR count). The topological polar surface area (TPSA) is 0 Å². The molecule has 0 aromatic heterocycles. The molecule has 128 valence electrons. The molecule has 0 nitrogen and oxygen atoms in total. The number of rotatable bonds is 10. The Morgan fingerprint density at radius 3 is 1.38 bits per heavy atom. The van der Waals surface area contributed by atoms with E-state index in [1.807, 2.05) is 0 Å². The molecule has 0 amide bonds. The molecular formula is C22H28BrP. The Kier molecular flexibility index (Phi) is 9.91. The van der Waals surface area contributed by atoms with Gasteiger partial charge in [-0.05, 0) is 49.9 Å². The van der Waals surface area contributed by atoms with Crippen molar-refractivity contribution in [3.63, 3.8) is 0 Å². The molecule has 0 aliphatic rings. The quantitative estimate of drug-likeness (QED) is 0.325. The third kappa shape index (κ3) is 5.43. The van der Waals surface area contributed by atoms with Crippen LogP contribution in [0.3, 0.4) is 0 Å². The second-order valence-corrected chi connectivity index (χ2v) is 9.81. The predicted molar refractivity (Wildman–Crippen MR) is 108 cm³/mol. The first-order valence-electron chi connectivity index (χ1n) is 8.53. The normalized spacial score (nSPS) is 10.7. The van der Waals surface area contributed by atoms with Gasteiger partial charge in [-0.3, -0.25) is 0 Å². The molecule has 0 unspecified atom stereocenters. The van der Waals surface area contributed by atoms with Crippen LogP contribution in [0.2, 0.25) is 0 Å². The maximum Gasteiger partial charge on any atom is 0.0991 e. The van der Waals surface area contributed by atoms with Crippen molar-refractivity contribution < 1.29 is 17.0 Å². The fourth-order valence-electron chi connectivity index (χ4n) is 3.22. The number of benzene rings is 2. The highest BCUT2D eigenvalue weighted by molar-refractivity contribution is 7.89. The largest absolute Gasteiger partial charge is 1.00 e. The molecule has 0 atom stereocenters. The van der Waals surface area contributed by atoms with Gasteiger partial charge in [0.05, 0.1) is 30.2 Å². The van der Waals surface area contributed by atoms with E-state index in [1.165, 1.54) is 25.2 Å². The van der Waals surface area contributed by atoms with Crippen LogP contribution in [0.4, 0.5) is 0 Å². The smallest absolute Gasteiger partial charge is 0.0991 e. The number of unbranched alkanes of at least 4 members (excludes halogenated alkanes) is 2. The van der Waals surface area contributed by atoms with Crippen molar-refractivity contribution in [1.82, 2.24) is 0 Å². The van der Waals surface area contributed by atoms with Crippen LogP contribution in [0.1, 0.15) is 25.7 Å². The molecule has 0 N–H and O–H groups in total. The van der Waals surface area contributed by atoms with Crippen molar-refractivity contribution in [3.8, 4) is 0 Å². The molecule has 0 aliphatic carbocycles. The Morgan fingerprint density at radius 2 is 1.04 bits per heavy atom. The molecule has 2 aromatic carbocycles. The molecule has 0 fully saturated rings. The van der Waals surface area contributed by atoms with Gasteiger partial charge in [-0.1, -0.05) is 48.6 Å². The summed E-state index contributed by atoms with van der Waals surface area (Å²) in [6.45, 7) is 7.80. The van der Waals surface area contributed by atoms with Crippen molar-refractivity contribution in [2.45, 2.75) is 25.7 Å². The van der Waals surface area contributed by atoms with Gasteiger partial charge in [0, 0.05) is 0 Å². The molecule has 0 spiro atoms. The standard InChI is InChI=1S/C22H28P.BrH/c1-3-5-13-19-23(20-14-6-4-2,21-15-9-7-10-16-21)22-17-11-8-12-18-22;/h3-4,7-12,15-18H,1-2,5-6,13-14,19-20H2;1H/q+1;/p-1. The monoisotopic (exact) mass is 402 g/mol. The maximum absolute atomic E-state index is 3.90. The van der Waals surface area contributed by atoms with Gasteiger partial charge in [0.25, 0.3) is 0 Å². The number of hydrogen-bond acceptors (Lipinski definition) is 0. The van der Waals surface area contributed by atoms with Crippen molar-refractivity contribution >= 4 is 17.9 Å². The summed E-state index contributed by atoms with van der Waals surface area (Å²) in [6, 6.07) is 22.3. The highest BCUT2D eigenvalue weighted by Crippen LogP contribution is 2.57. The van der Waals surface area contributed by atoms with E-state index in [9.17, 15) is 0 Å². The van der Waals surface area contributed by atoms with Crippen molar-refractivity contribution in [2.24, 2.45) is 0 Å². The molecule has 24 heavy (non-hydrogen) atoms. The summed E-state index contributed by atoms with van der Waals surface area (Å²) in [5.41, 5.74) is 0. The first-order chi connectivity index (χ1) is 11.3. The van der Waals surface area contributed by atoms with Gasteiger partial charge in [0.1, 0.15) is 0 Å². The fraction of sp³-hybridized carbons (Fsp3) is 0.273. The van der Waals surface area contributed by atoms with Gasteiger partial charge >= 0.3 is 0 Å². The highest BCUT2D eigenvalue weighted by atomic mass is 79.9. The van der Waals surface area contributed by atoms with Gasteiger partial charge in [0.2, 0.25) is 0 Å². The van der Waals surface area contributed by atoms with E-state index in [0.717, 1.165) is 12.8 Å². The average molecular weight is 403 g/mol. The predicted octanol–water partition coefficient (Wildman–Crippen LogP) is 2.59. The van der Waals surface area contributed by atoms with Gasteiger partial charge < -0.3 is 17.0 Å². The maximum atomic E-state index is 3.90. The summed E-state index contributed by atoms with van der Waals surface area (Å²) in [4.78, 5) is 0. The van der Waals surface area contributed by atoms with Crippen LogP contribution in [-0.2, 0) is 0 Å². The molecule has 0 saturated heterocycles. The zero-order chi connectivity index (χ0) is 16.4. The van der Waals surface area contributed by atoms with E-state index in [1.54, 1.807) is 10.6 Å². The molecule has 0 bridgehead atoms. The fourth-order valence-corrected chi connectivity index (χ4v) is 7.70.